The predicted molar refractivity (Wildman–Crippen MR) is 154 cm³/mol. The molecule has 1 aliphatic heterocycles. The Morgan fingerprint density at radius 2 is 1.24 bits per heavy atom. The zero-order chi connectivity index (χ0) is 26.1. The van der Waals surface area contributed by atoms with Gasteiger partial charge in [-0.15, -0.1) is 0 Å². The highest BCUT2D eigenvalue weighted by Gasteiger charge is 2.50. The lowest BCUT2D eigenvalue weighted by molar-refractivity contribution is -0.121. The van der Waals surface area contributed by atoms with Gasteiger partial charge in [0, 0.05) is 11.1 Å². The van der Waals surface area contributed by atoms with Crippen LogP contribution in [0, 0.1) is 6.92 Å². The van der Waals surface area contributed by atoms with Gasteiger partial charge >= 0.3 is 0 Å². The van der Waals surface area contributed by atoms with Crippen molar-refractivity contribution in [1.82, 2.24) is 0 Å². The summed E-state index contributed by atoms with van der Waals surface area (Å²) in [5, 5.41) is 0. The van der Waals surface area contributed by atoms with Gasteiger partial charge in [-0.3, -0.25) is 4.79 Å². The fourth-order valence-electron chi connectivity index (χ4n) is 5.94. The first-order chi connectivity index (χ1) is 18.7. The van der Waals surface area contributed by atoms with E-state index in [0.29, 0.717) is 6.54 Å². The molecule has 3 heteroatoms. The maximum atomic E-state index is 15.4. The number of anilines is 1. The zero-order valence-electron chi connectivity index (χ0n) is 21.6. The predicted octanol–water partition coefficient (Wildman–Crippen LogP) is 7.55. The minimum absolute atomic E-state index is 0.0227. The third-order valence-corrected chi connectivity index (χ3v) is 7.67. The van der Waals surface area contributed by atoms with E-state index in [1.165, 1.54) is 0 Å². The number of carbonyl (C=O) groups is 1. The Morgan fingerprint density at radius 3 is 1.84 bits per heavy atom. The van der Waals surface area contributed by atoms with Gasteiger partial charge in [0.25, 0.3) is 0 Å². The van der Waals surface area contributed by atoms with E-state index in [9.17, 15) is 0 Å². The molecule has 5 aromatic rings. The van der Waals surface area contributed by atoms with E-state index in [1.807, 2.05) is 77.7 Å². The number of nitrogens with zero attached hydrogens (tertiary/aromatic N) is 1. The Labute approximate surface area is 224 Å². The highest BCUT2D eigenvalue weighted by molar-refractivity contribution is 6.12. The van der Waals surface area contributed by atoms with E-state index in [0.717, 1.165) is 50.4 Å². The maximum absolute atomic E-state index is 15.4. The van der Waals surface area contributed by atoms with Gasteiger partial charge in [0.2, 0.25) is 5.91 Å². The number of ether oxygens (including phenoxy) is 1. The molecule has 186 valence electrons. The Bertz CT molecular complexity index is 1550. The van der Waals surface area contributed by atoms with Crippen LogP contribution >= 0.6 is 0 Å². The Kier molecular flexibility index (Phi) is 6.05. The number of amides is 1. The number of fused-ring (bicyclic) bond motifs is 3. The molecule has 3 nitrogen and oxygen atoms in total. The van der Waals surface area contributed by atoms with Crippen LogP contribution in [0.25, 0.3) is 11.1 Å². The summed E-state index contributed by atoms with van der Waals surface area (Å²) in [7, 11) is 1.70. The quantitative estimate of drug-likeness (QED) is 0.252. The minimum atomic E-state index is -1.05. The number of rotatable bonds is 5. The summed E-state index contributed by atoms with van der Waals surface area (Å²) in [6, 6.07) is 42.9. The fourth-order valence-corrected chi connectivity index (χ4v) is 5.94. The molecule has 6 rings (SSSR count). The van der Waals surface area contributed by atoms with Crippen LogP contribution < -0.4 is 9.64 Å². The third kappa shape index (κ3) is 3.62. The van der Waals surface area contributed by atoms with E-state index in [-0.39, 0.29) is 5.91 Å². The largest absolute Gasteiger partial charge is 0.496 e. The highest BCUT2D eigenvalue weighted by atomic mass is 16.5. The van der Waals surface area contributed by atoms with Gasteiger partial charge in [0.05, 0.1) is 19.3 Å². The first-order valence-corrected chi connectivity index (χ1v) is 12.9. The van der Waals surface area contributed by atoms with E-state index in [2.05, 4.69) is 61.5 Å². The van der Waals surface area contributed by atoms with Crippen LogP contribution in [0.4, 0.5) is 5.69 Å². The van der Waals surface area contributed by atoms with E-state index < -0.39 is 5.41 Å². The lowest BCUT2D eigenvalue weighted by Gasteiger charge is -2.37. The molecule has 38 heavy (non-hydrogen) atoms. The molecule has 0 fully saturated rings. The fraction of sp³-hybridized carbons (Fsp3) is 0.114. The molecule has 0 aromatic heterocycles. The molecule has 0 saturated heterocycles. The molecule has 0 radical (unpaired) electrons. The van der Waals surface area contributed by atoms with Crippen LogP contribution in [0.1, 0.15) is 27.8 Å². The van der Waals surface area contributed by atoms with E-state index >= 15 is 4.79 Å². The molecule has 0 N–H and O–H groups in total. The van der Waals surface area contributed by atoms with E-state index in [1.54, 1.807) is 7.11 Å². The second-order valence-electron chi connectivity index (χ2n) is 9.69. The SMILES string of the molecule is COc1ccc2c(c1C)-c1ccccc1C(c1ccccc1)(c1ccccc1)C(=O)N2Cc1ccccc1. The van der Waals surface area contributed by atoms with Gasteiger partial charge in [-0.2, -0.15) is 0 Å². The zero-order valence-corrected chi connectivity index (χ0v) is 21.6. The first-order valence-electron chi connectivity index (χ1n) is 12.9. The topological polar surface area (TPSA) is 29.5 Å². The van der Waals surface area contributed by atoms with Gasteiger partial charge < -0.3 is 9.64 Å². The van der Waals surface area contributed by atoms with Gasteiger partial charge in [-0.1, -0.05) is 115 Å². The van der Waals surface area contributed by atoms with Crippen LogP contribution in [0.2, 0.25) is 0 Å². The Balaban J connectivity index is 1.76. The number of hydrogen-bond donors (Lipinski definition) is 0. The molecule has 0 atom stereocenters. The van der Waals surface area contributed by atoms with Crippen LogP contribution in [0.15, 0.2) is 127 Å². The average Bonchev–Trinajstić information content (AvgIpc) is 3.07. The van der Waals surface area contributed by atoms with Gasteiger partial charge in [-0.25, -0.2) is 0 Å². The van der Waals surface area contributed by atoms with Crippen LogP contribution in [-0.4, -0.2) is 13.0 Å². The summed E-state index contributed by atoms with van der Waals surface area (Å²) in [6.07, 6.45) is 0. The first kappa shape index (κ1) is 23.7. The molecular weight excluding hydrogens is 466 g/mol. The molecule has 0 spiro atoms. The second kappa shape index (κ2) is 9.68. The van der Waals surface area contributed by atoms with Crippen molar-refractivity contribution in [2.45, 2.75) is 18.9 Å². The number of methoxy groups -OCH3 is 1. The van der Waals surface area contributed by atoms with Crippen molar-refractivity contribution >= 4 is 11.6 Å². The molecule has 5 aromatic carbocycles. The normalized spacial score (nSPS) is 13.8. The second-order valence-corrected chi connectivity index (χ2v) is 9.69. The smallest absolute Gasteiger partial charge is 0.246 e. The molecule has 0 unspecified atom stereocenters. The lowest BCUT2D eigenvalue weighted by Crippen LogP contribution is -2.48. The molecule has 0 bridgehead atoms. The van der Waals surface area contributed by atoms with Crippen molar-refractivity contribution in [2.75, 3.05) is 12.0 Å². The van der Waals surface area contributed by atoms with Crippen molar-refractivity contribution in [2.24, 2.45) is 0 Å². The number of hydrogen-bond acceptors (Lipinski definition) is 2. The van der Waals surface area contributed by atoms with E-state index in [4.69, 9.17) is 4.74 Å². The Morgan fingerprint density at radius 1 is 0.684 bits per heavy atom. The molecule has 1 amide bonds. The summed E-state index contributed by atoms with van der Waals surface area (Å²) >= 11 is 0. The van der Waals surface area contributed by atoms with Crippen molar-refractivity contribution in [3.8, 4) is 16.9 Å². The summed E-state index contributed by atoms with van der Waals surface area (Å²) < 4.78 is 5.77. The average molecular weight is 496 g/mol. The highest BCUT2D eigenvalue weighted by Crippen LogP contribution is 2.52. The van der Waals surface area contributed by atoms with Crippen LogP contribution in [0.5, 0.6) is 5.75 Å². The third-order valence-electron chi connectivity index (χ3n) is 7.67. The van der Waals surface area contributed by atoms with Crippen molar-refractivity contribution < 1.29 is 9.53 Å². The van der Waals surface area contributed by atoms with Crippen molar-refractivity contribution in [1.29, 1.82) is 0 Å². The molecular formula is C35H29NO2. The van der Waals surface area contributed by atoms with Gasteiger partial charge in [-0.05, 0) is 46.9 Å². The summed E-state index contributed by atoms with van der Waals surface area (Å²) in [6.45, 7) is 2.53. The van der Waals surface area contributed by atoms with Crippen LogP contribution in [0.3, 0.4) is 0 Å². The van der Waals surface area contributed by atoms with Crippen LogP contribution in [-0.2, 0) is 16.8 Å². The summed E-state index contributed by atoms with van der Waals surface area (Å²) in [5.74, 6) is 0.826. The van der Waals surface area contributed by atoms with Gasteiger partial charge in [0.15, 0.2) is 0 Å². The molecule has 1 aliphatic rings. The number of benzene rings is 5. The Hall–Kier alpha value is -4.63. The lowest BCUT2D eigenvalue weighted by atomic mass is 9.67. The molecule has 0 aliphatic carbocycles. The summed E-state index contributed by atoms with van der Waals surface area (Å²) in [4.78, 5) is 17.3. The summed E-state index contributed by atoms with van der Waals surface area (Å²) in [5.41, 5.74) is 6.84. The minimum Gasteiger partial charge on any atom is -0.496 e. The molecule has 1 heterocycles. The van der Waals surface area contributed by atoms with Gasteiger partial charge in [0.1, 0.15) is 11.2 Å². The maximum Gasteiger partial charge on any atom is 0.246 e. The van der Waals surface area contributed by atoms with Crippen molar-refractivity contribution in [3.05, 3.63) is 155 Å². The molecule has 0 saturated carbocycles. The van der Waals surface area contributed by atoms with Crippen molar-refractivity contribution in [3.63, 3.8) is 0 Å². The standard InChI is InChI=1S/C35H29NO2/c1-25-32(38-2)23-22-31-33(25)29-20-12-13-21-30(29)35(27-16-8-4-9-17-27,28-18-10-5-11-19-28)34(37)36(31)24-26-14-6-3-7-15-26/h3-23H,24H2,1-2H3. The monoisotopic (exact) mass is 495 g/mol. The number of carbonyl (C=O) groups excluding carboxylic acids is 1.